The lowest BCUT2D eigenvalue weighted by Gasteiger charge is -2.18. The Hall–Kier alpha value is -2.89. The number of hydrogen-bond acceptors (Lipinski definition) is 6. The van der Waals surface area contributed by atoms with Crippen LogP contribution in [-0.2, 0) is 28.6 Å². The molecule has 0 aromatic rings. The Labute approximate surface area is 409 Å². The number of allylic oxidation sites excluding steroid dienone is 10. The van der Waals surface area contributed by atoms with Crippen LogP contribution in [0.15, 0.2) is 60.8 Å². The summed E-state index contributed by atoms with van der Waals surface area (Å²) >= 11 is 0. The minimum Gasteiger partial charge on any atom is -0.462 e. The van der Waals surface area contributed by atoms with E-state index in [-0.39, 0.29) is 31.1 Å². The Morgan fingerprint density at radius 2 is 0.561 bits per heavy atom. The summed E-state index contributed by atoms with van der Waals surface area (Å²) in [5.74, 6) is -0.905. The van der Waals surface area contributed by atoms with Crippen LogP contribution in [0.3, 0.4) is 0 Å². The molecule has 0 aromatic heterocycles. The lowest BCUT2D eigenvalue weighted by molar-refractivity contribution is -0.167. The van der Waals surface area contributed by atoms with Crippen molar-refractivity contribution < 1.29 is 28.6 Å². The molecule has 66 heavy (non-hydrogen) atoms. The van der Waals surface area contributed by atoms with Crippen LogP contribution in [0.1, 0.15) is 284 Å². The molecular formula is C60H106O6. The SMILES string of the molecule is CCCCC\C=C/C=C\C=C/C=C\CCCCCCCC(=O)OCC(COC(=O)CCCCCCC/C=C\CCCCC)OC(=O)CCCCCCCCCCCCCCCCCCCC. The molecule has 0 aliphatic carbocycles. The predicted molar refractivity (Wildman–Crippen MR) is 284 cm³/mol. The van der Waals surface area contributed by atoms with Crippen molar-refractivity contribution in [3.63, 3.8) is 0 Å². The van der Waals surface area contributed by atoms with E-state index in [1.54, 1.807) is 0 Å². The van der Waals surface area contributed by atoms with Crippen LogP contribution in [-0.4, -0.2) is 37.2 Å². The second kappa shape index (κ2) is 54.7. The minimum atomic E-state index is -0.785. The Morgan fingerprint density at radius 1 is 0.303 bits per heavy atom. The normalized spacial score (nSPS) is 12.5. The van der Waals surface area contributed by atoms with E-state index in [1.807, 2.05) is 0 Å². The van der Waals surface area contributed by atoms with Crippen LogP contribution in [0.5, 0.6) is 0 Å². The first-order valence-corrected chi connectivity index (χ1v) is 28.3. The van der Waals surface area contributed by atoms with Gasteiger partial charge in [0.25, 0.3) is 0 Å². The first kappa shape index (κ1) is 63.1. The highest BCUT2D eigenvalue weighted by molar-refractivity contribution is 5.71. The second-order valence-electron chi connectivity index (χ2n) is 18.9. The van der Waals surface area contributed by atoms with Crippen molar-refractivity contribution in [3.8, 4) is 0 Å². The molecule has 0 aliphatic heterocycles. The zero-order chi connectivity index (χ0) is 47.9. The third-order valence-corrected chi connectivity index (χ3v) is 12.3. The molecule has 1 unspecified atom stereocenters. The molecule has 0 aromatic carbocycles. The third-order valence-electron chi connectivity index (χ3n) is 12.3. The summed E-state index contributed by atoms with van der Waals surface area (Å²) in [6.07, 6.45) is 67.7. The van der Waals surface area contributed by atoms with Crippen LogP contribution in [0.2, 0.25) is 0 Å². The summed E-state index contributed by atoms with van der Waals surface area (Å²) in [6, 6.07) is 0. The molecule has 0 saturated heterocycles. The summed E-state index contributed by atoms with van der Waals surface area (Å²) in [5.41, 5.74) is 0. The fraction of sp³-hybridized carbons (Fsp3) is 0.783. The maximum Gasteiger partial charge on any atom is 0.306 e. The van der Waals surface area contributed by atoms with Crippen molar-refractivity contribution in [2.24, 2.45) is 0 Å². The van der Waals surface area contributed by atoms with Crippen LogP contribution in [0, 0.1) is 0 Å². The van der Waals surface area contributed by atoms with E-state index in [0.29, 0.717) is 19.3 Å². The van der Waals surface area contributed by atoms with Crippen molar-refractivity contribution in [2.45, 2.75) is 290 Å². The smallest absolute Gasteiger partial charge is 0.306 e. The van der Waals surface area contributed by atoms with Gasteiger partial charge in [-0.05, 0) is 70.6 Å². The van der Waals surface area contributed by atoms with Crippen LogP contribution < -0.4 is 0 Å². The highest BCUT2D eigenvalue weighted by Crippen LogP contribution is 2.16. The van der Waals surface area contributed by atoms with Crippen molar-refractivity contribution in [2.75, 3.05) is 13.2 Å². The number of carbonyl (C=O) groups is 3. The first-order chi connectivity index (χ1) is 32.5. The molecule has 0 fully saturated rings. The van der Waals surface area contributed by atoms with E-state index in [2.05, 4.69) is 81.5 Å². The van der Waals surface area contributed by atoms with Gasteiger partial charge in [-0.25, -0.2) is 0 Å². The van der Waals surface area contributed by atoms with Gasteiger partial charge in [0.05, 0.1) is 0 Å². The van der Waals surface area contributed by atoms with Crippen molar-refractivity contribution in [1.82, 2.24) is 0 Å². The number of unbranched alkanes of at least 4 members (excludes halogenated alkanes) is 33. The number of carbonyl (C=O) groups excluding carboxylic acids is 3. The van der Waals surface area contributed by atoms with Gasteiger partial charge in [0.2, 0.25) is 0 Å². The van der Waals surface area contributed by atoms with Gasteiger partial charge in [0.1, 0.15) is 13.2 Å². The Bertz CT molecular complexity index is 1200. The minimum absolute atomic E-state index is 0.0843. The molecular weight excluding hydrogens is 817 g/mol. The average Bonchev–Trinajstić information content (AvgIpc) is 3.31. The van der Waals surface area contributed by atoms with E-state index in [9.17, 15) is 14.4 Å². The van der Waals surface area contributed by atoms with Gasteiger partial charge in [-0.1, -0.05) is 255 Å². The molecule has 0 saturated carbocycles. The fourth-order valence-electron chi connectivity index (χ4n) is 8.04. The van der Waals surface area contributed by atoms with Crippen molar-refractivity contribution in [1.29, 1.82) is 0 Å². The molecule has 6 heteroatoms. The molecule has 0 aliphatic rings. The number of esters is 3. The molecule has 0 bridgehead atoms. The lowest BCUT2D eigenvalue weighted by Crippen LogP contribution is -2.30. The van der Waals surface area contributed by atoms with E-state index >= 15 is 0 Å². The summed E-state index contributed by atoms with van der Waals surface area (Å²) in [6.45, 7) is 6.58. The van der Waals surface area contributed by atoms with Gasteiger partial charge >= 0.3 is 17.9 Å². The average molecular weight is 924 g/mol. The van der Waals surface area contributed by atoms with Gasteiger partial charge in [0.15, 0.2) is 6.10 Å². The first-order valence-electron chi connectivity index (χ1n) is 28.3. The van der Waals surface area contributed by atoms with Crippen LogP contribution in [0.25, 0.3) is 0 Å². The van der Waals surface area contributed by atoms with Crippen LogP contribution in [0.4, 0.5) is 0 Å². The summed E-state index contributed by atoms with van der Waals surface area (Å²) in [5, 5.41) is 0. The molecule has 0 radical (unpaired) electrons. The van der Waals surface area contributed by atoms with E-state index in [0.717, 1.165) is 89.9 Å². The van der Waals surface area contributed by atoms with Gasteiger partial charge in [-0.2, -0.15) is 0 Å². The van der Waals surface area contributed by atoms with Gasteiger partial charge in [0, 0.05) is 19.3 Å². The van der Waals surface area contributed by atoms with Gasteiger partial charge in [-0.3, -0.25) is 14.4 Å². The van der Waals surface area contributed by atoms with Crippen molar-refractivity contribution >= 4 is 17.9 Å². The second-order valence-corrected chi connectivity index (χ2v) is 18.9. The molecule has 0 spiro atoms. The van der Waals surface area contributed by atoms with Crippen molar-refractivity contribution in [3.05, 3.63) is 60.8 Å². The highest BCUT2D eigenvalue weighted by Gasteiger charge is 2.19. The third kappa shape index (κ3) is 52.1. The van der Waals surface area contributed by atoms with E-state index in [4.69, 9.17) is 14.2 Å². The maximum atomic E-state index is 12.8. The molecule has 1 atom stereocenters. The number of hydrogen-bond donors (Lipinski definition) is 0. The quantitative estimate of drug-likeness (QED) is 0.0199. The largest absolute Gasteiger partial charge is 0.462 e. The molecule has 0 heterocycles. The molecule has 0 N–H and O–H groups in total. The Morgan fingerprint density at radius 3 is 0.924 bits per heavy atom. The molecule has 6 nitrogen and oxygen atoms in total. The Balaban J connectivity index is 4.39. The van der Waals surface area contributed by atoms with Gasteiger partial charge in [-0.15, -0.1) is 0 Å². The topological polar surface area (TPSA) is 78.9 Å². The zero-order valence-corrected chi connectivity index (χ0v) is 43.7. The van der Waals surface area contributed by atoms with E-state index in [1.165, 1.54) is 154 Å². The number of ether oxygens (including phenoxy) is 3. The standard InChI is InChI=1S/C60H106O6/c1-4-7-10-13-16-19-22-25-27-29-31-33-35-38-41-44-47-50-53-59(62)65-56-57(55-64-58(61)52-49-46-43-40-37-24-21-18-15-12-9-6-3)66-60(63)54-51-48-45-42-39-36-34-32-30-28-26-23-20-17-14-11-8-5-2/h16,18-19,21-22,25,27,29,31,33,57H,4-15,17,20,23-24,26,28,30,32,34-56H2,1-3H3/b19-16-,21-18-,25-22-,29-27-,33-31-. The molecule has 382 valence electrons. The zero-order valence-electron chi connectivity index (χ0n) is 43.7. The maximum absolute atomic E-state index is 12.8. The lowest BCUT2D eigenvalue weighted by atomic mass is 10.0. The molecule has 0 amide bonds. The Kier molecular flexibility index (Phi) is 52.3. The summed E-state index contributed by atoms with van der Waals surface area (Å²) < 4.78 is 16.8. The van der Waals surface area contributed by atoms with Crippen LogP contribution >= 0.6 is 0 Å². The monoisotopic (exact) mass is 923 g/mol. The molecule has 0 rings (SSSR count). The highest BCUT2D eigenvalue weighted by atomic mass is 16.6. The summed E-state index contributed by atoms with van der Waals surface area (Å²) in [4.78, 5) is 38.1. The van der Waals surface area contributed by atoms with E-state index < -0.39 is 6.10 Å². The predicted octanol–water partition coefficient (Wildman–Crippen LogP) is 18.8. The summed E-state index contributed by atoms with van der Waals surface area (Å²) in [7, 11) is 0. The van der Waals surface area contributed by atoms with Gasteiger partial charge < -0.3 is 14.2 Å². The number of rotatable bonds is 51. The fourth-order valence-corrected chi connectivity index (χ4v) is 8.04.